The fourth-order valence-electron chi connectivity index (χ4n) is 2.88. The van der Waals surface area contributed by atoms with Crippen LogP contribution >= 0.6 is 0 Å². The fraction of sp³-hybridized carbons (Fsp3) is 0.423. The minimum atomic E-state index is -1.04. The molecule has 6 nitrogen and oxygen atoms in total. The summed E-state index contributed by atoms with van der Waals surface area (Å²) in [4.78, 5) is 10.5. The number of aliphatic hydroxyl groups excluding tert-OH is 3. The molecule has 4 atom stereocenters. The Labute approximate surface area is 190 Å². The molecule has 0 fully saturated rings. The monoisotopic (exact) mass is 444 g/mol. The summed E-state index contributed by atoms with van der Waals surface area (Å²) in [5.41, 5.74) is 0. The van der Waals surface area contributed by atoms with Gasteiger partial charge in [0, 0.05) is 6.42 Å². The van der Waals surface area contributed by atoms with Crippen LogP contribution in [0.25, 0.3) is 0 Å². The van der Waals surface area contributed by atoms with Gasteiger partial charge in [-0.1, -0.05) is 80.2 Å². The van der Waals surface area contributed by atoms with Crippen molar-refractivity contribution < 1.29 is 30.0 Å². The Morgan fingerprint density at radius 2 is 1.47 bits per heavy atom. The highest BCUT2D eigenvalue weighted by Gasteiger charge is 2.18. The third-order valence-corrected chi connectivity index (χ3v) is 4.71. The van der Waals surface area contributed by atoms with E-state index in [1.165, 1.54) is 6.08 Å². The van der Waals surface area contributed by atoms with Gasteiger partial charge >= 0.3 is 5.97 Å². The van der Waals surface area contributed by atoms with Crippen LogP contribution in [0.5, 0.6) is 5.75 Å². The highest BCUT2D eigenvalue weighted by atomic mass is 16.5. The minimum absolute atomic E-state index is 0.0296. The second-order valence-corrected chi connectivity index (χ2v) is 7.49. The molecule has 0 spiro atoms. The summed E-state index contributed by atoms with van der Waals surface area (Å²) >= 11 is 0. The van der Waals surface area contributed by atoms with Crippen LogP contribution in [0.3, 0.4) is 0 Å². The van der Waals surface area contributed by atoms with Crippen molar-refractivity contribution in [1.82, 2.24) is 0 Å². The van der Waals surface area contributed by atoms with Gasteiger partial charge in [0.15, 0.2) is 0 Å². The summed E-state index contributed by atoms with van der Waals surface area (Å²) in [6, 6.07) is 9.47. The molecule has 4 N–H and O–H groups in total. The molecule has 176 valence electrons. The van der Waals surface area contributed by atoms with Gasteiger partial charge in [-0.2, -0.15) is 0 Å². The van der Waals surface area contributed by atoms with Crippen molar-refractivity contribution in [1.29, 1.82) is 0 Å². The summed E-state index contributed by atoms with van der Waals surface area (Å²) in [6.45, 7) is 2.10. The van der Waals surface area contributed by atoms with Gasteiger partial charge in [-0.3, -0.25) is 4.79 Å². The lowest BCUT2D eigenvalue weighted by atomic mass is 10.1. The van der Waals surface area contributed by atoms with Gasteiger partial charge in [0.1, 0.15) is 18.0 Å². The van der Waals surface area contributed by atoms with Crippen molar-refractivity contribution >= 4 is 5.97 Å². The van der Waals surface area contributed by atoms with Crippen molar-refractivity contribution in [2.24, 2.45) is 0 Å². The van der Waals surface area contributed by atoms with E-state index in [1.54, 1.807) is 42.5 Å². The van der Waals surface area contributed by atoms with Crippen LogP contribution in [0.1, 0.15) is 45.4 Å². The second-order valence-electron chi connectivity index (χ2n) is 7.49. The topological polar surface area (TPSA) is 107 Å². The van der Waals surface area contributed by atoms with Crippen molar-refractivity contribution in [3.63, 3.8) is 0 Å². The highest BCUT2D eigenvalue weighted by molar-refractivity contribution is 5.66. The maximum absolute atomic E-state index is 10.5. The fourth-order valence-corrected chi connectivity index (χ4v) is 2.88. The van der Waals surface area contributed by atoms with Crippen LogP contribution in [0.4, 0.5) is 0 Å². The number of unbranched alkanes of at least 4 members (excludes halogenated alkanes) is 1. The number of benzene rings is 1. The molecule has 0 bridgehead atoms. The lowest BCUT2D eigenvalue weighted by molar-refractivity contribution is -0.137. The lowest BCUT2D eigenvalue weighted by Gasteiger charge is -2.22. The SMILES string of the molecule is CCCCC(Oc1ccccc1)[C@H](O)/C=C/C=C\C=C\C=C\[C@@H](O)[C@@H](O)CCCC(=O)O. The van der Waals surface area contributed by atoms with E-state index in [9.17, 15) is 20.1 Å². The number of para-hydroxylation sites is 1. The first-order valence-electron chi connectivity index (χ1n) is 11.1. The van der Waals surface area contributed by atoms with E-state index < -0.39 is 24.3 Å². The largest absolute Gasteiger partial charge is 0.487 e. The van der Waals surface area contributed by atoms with Crippen LogP contribution in [0, 0.1) is 0 Å². The van der Waals surface area contributed by atoms with E-state index in [0.717, 1.165) is 25.0 Å². The van der Waals surface area contributed by atoms with Crippen LogP contribution in [0.15, 0.2) is 78.9 Å². The molecule has 0 aliphatic rings. The van der Waals surface area contributed by atoms with Crippen LogP contribution < -0.4 is 4.74 Å². The Hall–Kier alpha value is -2.67. The predicted molar refractivity (Wildman–Crippen MR) is 126 cm³/mol. The smallest absolute Gasteiger partial charge is 0.303 e. The Bertz CT molecular complexity index is 738. The number of aliphatic hydroxyl groups is 3. The zero-order valence-electron chi connectivity index (χ0n) is 18.7. The molecule has 1 aromatic rings. The van der Waals surface area contributed by atoms with E-state index in [2.05, 4.69) is 6.92 Å². The zero-order chi connectivity index (χ0) is 23.6. The van der Waals surface area contributed by atoms with Gasteiger partial charge in [-0.25, -0.2) is 0 Å². The Morgan fingerprint density at radius 3 is 2.06 bits per heavy atom. The number of hydrogen-bond donors (Lipinski definition) is 4. The van der Waals surface area contributed by atoms with Crippen molar-refractivity contribution in [3.8, 4) is 5.75 Å². The standard InChI is InChI=1S/C26H36O6/c1-2-3-19-25(32-21-14-9-8-10-15-21)24(29)17-12-7-5-4-6-11-16-22(27)23(28)18-13-20-26(30)31/h4-12,14-17,22-25,27-29H,2-3,13,18-20H2,1H3,(H,30,31)/b6-4+,7-5-,16-11+,17-12+/t22-,23+,24-,25?/m1/s1. The molecule has 1 aromatic carbocycles. The number of hydrogen-bond acceptors (Lipinski definition) is 5. The summed E-state index contributed by atoms with van der Waals surface area (Å²) in [5.74, 6) is -0.181. The Morgan fingerprint density at radius 1 is 0.875 bits per heavy atom. The first kappa shape index (κ1) is 27.4. The molecule has 0 radical (unpaired) electrons. The van der Waals surface area contributed by atoms with E-state index in [-0.39, 0.29) is 18.9 Å². The lowest BCUT2D eigenvalue weighted by Crippen LogP contribution is -2.30. The summed E-state index contributed by atoms with van der Waals surface area (Å²) < 4.78 is 5.94. The first-order chi connectivity index (χ1) is 15.4. The van der Waals surface area contributed by atoms with E-state index in [0.29, 0.717) is 6.42 Å². The molecular weight excluding hydrogens is 408 g/mol. The average molecular weight is 445 g/mol. The molecular formula is C26H36O6. The van der Waals surface area contributed by atoms with Gasteiger partial charge in [0.05, 0.1) is 12.2 Å². The third kappa shape index (κ3) is 12.9. The van der Waals surface area contributed by atoms with E-state index in [4.69, 9.17) is 9.84 Å². The van der Waals surface area contributed by atoms with Crippen molar-refractivity contribution in [2.45, 2.75) is 69.9 Å². The van der Waals surface area contributed by atoms with Gasteiger partial charge in [-0.15, -0.1) is 0 Å². The maximum atomic E-state index is 10.5. The molecule has 1 unspecified atom stereocenters. The van der Waals surface area contributed by atoms with Crippen molar-refractivity contribution in [3.05, 3.63) is 78.9 Å². The van der Waals surface area contributed by atoms with Gasteiger partial charge in [0.2, 0.25) is 0 Å². The molecule has 0 amide bonds. The number of rotatable bonds is 16. The number of allylic oxidation sites excluding steroid dienone is 6. The molecule has 0 saturated carbocycles. The molecule has 0 heterocycles. The molecule has 0 aromatic heterocycles. The summed E-state index contributed by atoms with van der Waals surface area (Å²) in [5, 5.41) is 38.7. The van der Waals surface area contributed by atoms with Gasteiger partial charge in [-0.05, 0) is 37.8 Å². The molecule has 32 heavy (non-hydrogen) atoms. The van der Waals surface area contributed by atoms with Crippen LogP contribution in [-0.4, -0.2) is 50.8 Å². The first-order valence-corrected chi connectivity index (χ1v) is 11.1. The summed E-state index contributed by atoms with van der Waals surface area (Å²) in [7, 11) is 0. The second kappa shape index (κ2) is 17.0. The van der Waals surface area contributed by atoms with E-state index in [1.807, 2.05) is 30.3 Å². The molecule has 0 saturated heterocycles. The maximum Gasteiger partial charge on any atom is 0.303 e. The Balaban J connectivity index is 2.44. The summed E-state index contributed by atoms with van der Waals surface area (Å²) in [6.07, 6.45) is 13.7. The van der Waals surface area contributed by atoms with Crippen molar-refractivity contribution in [2.75, 3.05) is 0 Å². The minimum Gasteiger partial charge on any atom is -0.487 e. The van der Waals surface area contributed by atoms with Gasteiger partial charge in [0.25, 0.3) is 0 Å². The molecule has 6 heteroatoms. The predicted octanol–water partition coefficient (Wildman–Crippen LogP) is 4.19. The number of ether oxygens (including phenoxy) is 1. The number of carbonyl (C=O) groups is 1. The number of carboxylic acid groups (broad SMARTS) is 1. The molecule has 0 aliphatic heterocycles. The normalized spacial score (nSPS) is 16.1. The Kier molecular flexibility index (Phi) is 14.5. The average Bonchev–Trinajstić information content (AvgIpc) is 2.78. The molecule has 0 aliphatic carbocycles. The zero-order valence-corrected chi connectivity index (χ0v) is 18.7. The highest BCUT2D eigenvalue weighted by Crippen LogP contribution is 2.17. The third-order valence-electron chi connectivity index (χ3n) is 4.71. The van der Waals surface area contributed by atoms with Crippen LogP contribution in [-0.2, 0) is 4.79 Å². The molecule has 1 rings (SSSR count). The van der Waals surface area contributed by atoms with Gasteiger partial charge < -0.3 is 25.2 Å². The van der Waals surface area contributed by atoms with E-state index >= 15 is 0 Å². The number of aliphatic carboxylic acids is 1. The quantitative estimate of drug-likeness (QED) is 0.285. The number of carboxylic acids is 1. The van der Waals surface area contributed by atoms with Crippen LogP contribution in [0.2, 0.25) is 0 Å².